The first kappa shape index (κ1) is 15.4. The summed E-state index contributed by atoms with van der Waals surface area (Å²) >= 11 is 0. The Balaban J connectivity index is 1.46. The topological polar surface area (TPSA) is 59.8 Å². The summed E-state index contributed by atoms with van der Waals surface area (Å²) in [5.41, 5.74) is 2.52. The lowest BCUT2D eigenvalue weighted by molar-refractivity contribution is -0.123. The van der Waals surface area contributed by atoms with E-state index in [0.717, 1.165) is 43.9 Å². The van der Waals surface area contributed by atoms with Crippen molar-refractivity contribution >= 4 is 5.91 Å². The van der Waals surface area contributed by atoms with Gasteiger partial charge in [-0.25, -0.2) is 0 Å². The Kier molecular flexibility index (Phi) is 4.32. The number of rotatable bonds is 3. The van der Waals surface area contributed by atoms with Crippen LogP contribution in [0.2, 0.25) is 0 Å². The predicted molar refractivity (Wildman–Crippen MR) is 91.5 cm³/mol. The average molecular weight is 324 g/mol. The van der Waals surface area contributed by atoms with Gasteiger partial charge in [0.2, 0.25) is 5.91 Å². The van der Waals surface area contributed by atoms with Crippen LogP contribution in [-0.4, -0.2) is 20.7 Å². The molecule has 1 aliphatic heterocycles. The summed E-state index contributed by atoms with van der Waals surface area (Å²) in [6, 6.07) is 8.34. The molecule has 0 spiro atoms. The second-order valence-corrected chi connectivity index (χ2v) is 6.86. The molecule has 0 fully saturated rings. The summed E-state index contributed by atoms with van der Waals surface area (Å²) in [7, 11) is 0. The van der Waals surface area contributed by atoms with Gasteiger partial charge in [0.25, 0.3) is 0 Å². The molecule has 1 unspecified atom stereocenters. The summed E-state index contributed by atoms with van der Waals surface area (Å²) in [5, 5.41) is 11.7. The first-order valence-electron chi connectivity index (χ1n) is 9.09. The second kappa shape index (κ2) is 6.75. The summed E-state index contributed by atoms with van der Waals surface area (Å²) < 4.78 is 2.20. The summed E-state index contributed by atoms with van der Waals surface area (Å²) in [5.74, 6) is 2.05. The minimum Gasteiger partial charge on any atom is -0.348 e. The molecule has 126 valence electrons. The van der Waals surface area contributed by atoms with Gasteiger partial charge in [0, 0.05) is 13.0 Å². The first-order valence-corrected chi connectivity index (χ1v) is 9.09. The van der Waals surface area contributed by atoms with E-state index in [1.807, 2.05) is 6.07 Å². The number of nitrogens with one attached hydrogen (secondary N) is 1. The highest BCUT2D eigenvalue weighted by Gasteiger charge is 2.26. The molecule has 2 aliphatic rings. The van der Waals surface area contributed by atoms with Crippen LogP contribution in [0.1, 0.15) is 60.8 Å². The molecule has 1 aromatic carbocycles. The average Bonchev–Trinajstić information content (AvgIpc) is 2.85. The highest BCUT2D eigenvalue weighted by Crippen LogP contribution is 2.31. The van der Waals surface area contributed by atoms with Crippen molar-refractivity contribution in [3.05, 3.63) is 47.0 Å². The Morgan fingerprint density at radius 2 is 2.04 bits per heavy atom. The van der Waals surface area contributed by atoms with E-state index in [1.165, 1.54) is 30.4 Å². The quantitative estimate of drug-likeness (QED) is 0.944. The van der Waals surface area contributed by atoms with Gasteiger partial charge in [-0.05, 0) is 43.2 Å². The molecule has 1 aliphatic carbocycles. The van der Waals surface area contributed by atoms with Crippen LogP contribution in [0.3, 0.4) is 0 Å². The van der Waals surface area contributed by atoms with Gasteiger partial charge in [-0.1, -0.05) is 30.7 Å². The maximum atomic E-state index is 12.7. The molecule has 1 atom stereocenters. The van der Waals surface area contributed by atoms with Crippen LogP contribution in [-0.2, 0) is 30.7 Å². The van der Waals surface area contributed by atoms with Gasteiger partial charge in [0.15, 0.2) is 5.82 Å². The van der Waals surface area contributed by atoms with E-state index in [-0.39, 0.29) is 11.8 Å². The van der Waals surface area contributed by atoms with Crippen molar-refractivity contribution in [1.82, 2.24) is 20.1 Å². The monoisotopic (exact) mass is 324 g/mol. The van der Waals surface area contributed by atoms with Crippen LogP contribution < -0.4 is 5.32 Å². The number of aryl methyl sites for hydroxylation is 2. The number of carbonyl (C=O) groups is 1. The lowest BCUT2D eigenvalue weighted by Gasteiger charge is -2.24. The van der Waals surface area contributed by atoms with Gasteiger partial charge >= 0.3 is 0 Å². The predicted octanol–water partition coefficient (Wildman–Crippen LogP) is 2.74. The SMILES string of the molecule is O=C(NCc1nnc2n1CCCCC2)C1CCCc2ccccc21. The van der Waals surface area contributed by atoms with Gasteiger partial charge in [-0.2, -0.15) is 0 Å². The molecule has 1 aromatic heterocycles. The van der Waals surface area contributed by atoms with Gasteiger partial charge < -0.3 is 9.88 Å². The third-order valence-corrected chi connectivity index (χ3v) is 5.29. The molecule has 1 N–H and O–H groups in total. The van der Waals surface area contributed by atoms with E-state index in [2.05, 4.69) is 38.3 Å². The van der Waals surface area contributed by atoms with Crippen LogP contribution in [0.25, 0.3) is 0 Å². The normalized spacial score (nSPS) is 19.9. The molecule has 4 rings (SSSR count). The van der Waals surface area contributed by atoms with Crippen LogP contribution >= 0.6 is 0 Å². The molecule has 5 heteroatoms. The van der Waals surface area contributed by atoms with Crippen LogP contribution in [0.4, 0.5) is 0 Å². The molecule has 24 heavy (non-hydrogen) atoms. The Morgan fingerprint density at radius 3 is 3.00 bits per heavy atom. The van der Waals surface area contributed by atoms with Gasteiger partial charge in [0.05, 0.1) is 12.5 Å². The van der Waals surface area contributed by atoms with E-state index in [9.17, 15) is 4.79 Å². The highest BCUT2D eigenvalue weighted by molar-refractivity contribution is 5.84. The smallest absolute Gasteiger partial charge is 0.227 e. The van der Waals surface area contributed by atoms with Gasteiger partial charge in [0.1, 0.15) is 5.82 Å². The zero-order valence-corrected chi connectivity index (χ0v) is 14.0. The van der Waals surface area contributed by atoms with Crippen LogP contribution in [0.15, 0.2) is 24.3 Å². The molecular weight excluding hydrogens is 300 g/mol. The fourth-order valence-electron chi connectivity index (χ4n) is 3.99. The number of aromatic nitrogens is 3. The number of carbonyl (C=O) groups excluding carboxylic acids is 1. The molecule has 0 saturated heterocycles. The molecule has 2 heterocycles. The van der Waals surface area contributed by atoms with Crippen molar-refractivity contribution < 1.29 is 4.79 Å². The van der Waals surface area contributed by atoms with Crippen LogP contribution in [0.5, 0.6) is 0 Å². The lowest BCUT2D eigenvalue weighted by atomic mass is 9.82. The molecule has 1 amide bonds. The van der Waals surface area contributed by atoms with E-state index in [0.29, 0.717) is 6.54 Å². The van der Waals surface area contributed by atoms with Crippen molar-refractivity contribution in [2.24, 2.45) is 0 Å². The summed E-state index contributed by atoms with van der Waals surface area (Å²) in [6.45, 7) is 1.45. The molecular formula is C19H24N4O. The Labute approximate surface area is 142 Å². The molecule has 0 radical (unpaired) electrons. The number of amides is 1. The van der Waals surface area contributed by atoms with Crippen molar-refractivity contribution in [2.75, 3.05) is 0 Å². The van der Waals surface area contributed by atoms with Crippen molar-refractivity contribution in [2.45, 2.75) is 64.0 Å². The van der Waals surface area contributed by atoms with E-state index in [1.54, 1.807) is 0 Å². The zero-order valence-electron chi connectivity index (χ0n) is 14.0. The lowest BCUT2D eigenvalue weighted by Crippen LogP contribution is -2.32. The van der Waals surface area contributed by atoms with E-state index in [4.69, 9.17) is 0 Å². The minimum atomic E-state index is -0.0264. The number of hydrogen-bond donors (Lipinski definition) is 1. The minimum absolute atomic E-state index is 0.0264. The third-order valence-electron chi connectivity index (χ3n) is 5.29. The van der Waals surface area contributed by atoms with Gasteiger partial charge in [-0.3, -0.25) is 4.79 Å². The summed E-state index contributed by atoms with van der Waals surface area (Å²) in [6.07, 6.45) is 7.68. The van der Waals surface area contributed by atoms with Crippen molar-refractivity contribution in [3.63, 3.8) is 0 Å². The molecule has 0 bridgehead atoms. The Morgan fingerprint density at radius 1 is 1.12 bits per heavy atom. The molecule has 5 nitrogen and oxygen atoms in total. The molecule has 2 aromatic rings. The number of benzene rings is 1. The van der Waals surface area contributed by atoms with Crippen molar-refractivity contribution in [1.29, 1.82) is 0 Å². The highest BCUT2D eigenvalue weighted by atomic mass is 16.1. The second-order valence-electron chi connectivity index (χ2n) is 6.86. The third kappa shape index (κ3) is 2.95. The van der Waals surface area contributed by atoms with E-state index >= 15 is 0 Å². The van der Waals surface area contributed by atoms with E-state index < -0.39 is 0 Å². The molecule has 0 saturated carbocycles. The number of nitrogens with zero attached hydrogens (tertiary/aromatic N) is 3. The maximum Gasteiger partial charge on any atom is 0.227 e. The fraction of sp³-hybridized carbons (Fsp3) is 0.526. The summed E-state index contributed by atoms with van der Waals surface area (Å²) in [4.78, 5) is 12.7. The first-order chi connectivity index (χ1) is 11.8. The fourth-order valence-corrected chi connectivity index (χ4v) is 3.99. The van der Waals surface area contributed by atoms with Crippen molar-refractivity contribution in [3.8, 4) is 0 Å². The largest absolute Gasteiger partial charge is 0.348 e. The Bertz CT molecular complexity index is 737. The Hall–Kier alpha value is -2.17. The van der Waals surface area contributed by atoms with Crippen LogP contribution in [0, 0.1) is 0 Å². The zero-order chi connectivity index (χ0) is 16.4. The standard InChI is InChI=1S/C19H24N4O/c24-19(16-10-6-8-14-7-3-4-9-15(14)16)20-13-18-22-21-17-11-2-1-5-12-23(17)18/h3-4,7,9,16H,1-2,5-6,8,10-13H2,(H,20,24). The van der Waals surface area contributed by atoms with Gasteiger partial charge in [-0.15, -0.1) is 10.2 Å². The maximum absolute atomic E-state index is 12.7. The number of fused-ring (bicyclic) bond motifs is 2. The number of hydrogen-bond acceptors (Lipinski definition) is 3.